The Kier molecular flexibility index (Phi) is 5.54. The maximum atomic E-state index is 6.82. The molecule has 0 N–H and O–H groups in total. The maximum Gasteiger partial charge on any atom is 0.147 e. The molecule has 12 rings (SSSR count). The molecule has 0 saturated heterocycles. The van der Waals surface area contributed by atoms with Gasteiger partial charge in [-0.05, 0) is 68.9 Å². The molecule has 0 atom stereocenters. The fourth-order valence-corrected chi connectivity index (χ4v) is 9.12. The molecule has 3 aromatic heterocycles. The topological polar surface area (TPSA) is 52.1 Å². The molecule has 8 aromatic carbocycles. The average molecular weight is 679 g/mol. The summed E-state index contributed by atoms with van der Waals surface area (Å²) in [6.07, 6.45) is 1.94. The Balaban J connectivity index is 0.986. The van der Waals surface area contributed by atoms with E-state index in [9.17, 15) is 0 Å². The van der Waals surface area contributed by atoms with Crippen LogP contribution in [0.1, 0.15) is 25.0 Å². The zero-order valence-corrected chi connectivity index (χ0v) is 29.1. The van der Waals surface area contributed by atoms with Crippen molar-refractivity contribution in [2.24, 2.45) is 0 Å². The van der Waals surface area contributed by atoms with Crippen LogP contribution in [0.5, 0.6) is 0 Å². The molecule has 3 heterocycles. The van der Waals surface area contributed by atoms with Crippen molar-refractivity contribution in [2.75, 3.05) is 0 Å². The molecule has 0 bridgehead atoms. The minimum absolute atomic E-state index is 0.229. The monoisotopic (exact) mass is 678 g/mol. The molecular formula is C49H30N2O2. The van der Waals surface area contributed by atoms with Crippen LogP contribution in [0.25, 0.3) is 110 Å². The molecule has 0 aliphatic heterocycles. The smallest absolute Gasteiger partial charge is 0.147 e. The van der Waals surface area contributed by atoms with Crippen molar-refractivity contribution in [3.8, 4) is 33.5 Å². The summed E-state index contributed by atoms with van der Waals surface area (Å²) < 4.78 is 13.0. The third kappa shape index (κ3) is 3.84. The summed E-state index contributed by atoms with van der Waals surface area (Å²) in [7, 11) is 0. The number of aromatic nitrogens is 2. The molecule has 248 valence electrons. The number of para-hydroxylation sites is 2. The number of rotatable bonds is 2. The lowest BCUT2D eigenvalue weighted by Gasteiger charge is -2.22. The Labute approximate surface area is 303 Å². The molecule has 0 radical (unpaired) electrons. The van der Waals surface area contributed by atoms with Gasteiger partial charge in [0.2, 0.25) is 0 Å². The lowest BCUT2D eigenvalue weighted by atomic mass is 9.81. The van der Waals surface area contributed by atoms with Crippen molar-refractivity contribution >= 4 is 76.5 Å². The van der Waals surface area contributed by atoms with Crippen molar-refractivity contribution in [2.45, 2.75) is 19.3 Å². The lowest BCUT2D eigenvalue weighted by molar-refractivity contribution is 0.660. The van der Waals surface area contributed by atoms with E-state index < -0.39 is 0 Å². The highest BCUT2D eigenvalue weighted by Crippen LogP contribution is 2.51. The number of hydrogen-bond acceptors (Lipinski definition) is 4. The van der Waals surface area contributed by atoms with Crippen LogP contribution in [0.4, 0.5) is 0 Å². The lowest BCUT2D eigenvalue weighted by Crippen LogP contribution is -2.15. The second-order valence-electron chi connectivity index (χ2n) is 14.9. The quantitative estimate of drug-likeness (QED) is 0.171. The zero-order chi connectivity index (χ0) is 35.0. The van der Waals surface area contributed by atoms with Crippen LogP contribution in [0.3, 0.4) is 0 Å². The van der Waals surface area contributed by atoms with E-state index >= 15 is 0 Å². The first-order valence-corrected chi connectivity index (χ1v) is 18.1. The molecule has 0 amide bonds. The molecule has 4 heteroatoms. The van der Waals surface area contributed by atoms with Crippen LogP contribution in [0.2, 0.25) is 0 Å². The van der Waals surface area contributed by atoms with Gasteiger partial charge in [0.05, 0.1) is 28.3 Å². The average Bonchev–Trinajstić information content (AvgIpc) is 3.85. The summed E-state index contributed by atoms with van der Waals surface area (Å²) in [6, 6.07) is 49.6. The fourth-order valence-electron chi connectivity index (χ4n) is 9.12. The summed E-state index contributed by atoms with van der Waals surface area (Å²) in [5.41, 5.74) is 14.4. The second-order valence-corrected chi connectivity index (χ2v) is 14.9. The molecule has 0 unspecified atom stereocenters. The molecule has 1 aliphatic carbocycles. The molecular weight excluding hydrogens is 649 g/mol. The van der Waals surface area contributed by atoms with E-state index in [2.05, 4.69) is 141 Å². The van der Waals surface area contributed by atoms with Crippen molar-refractivity contribution in [3.05, 3.63) is 157 Å². The van der Waals surface area contributed by atoms with E-state index in [4.69, 9.17) is 18.8 Å². The number of benzene rings is 8. The van der Waals surface area contributed by atoms with Crippen molar-refractivity contribution in [3.63, 3.8) is 0 Å². The van der Waals surface area contributed by atoms with Gasteiger partial charge in [0.15, 0.2) is 0 Å². The number of hydrogen-bond donors (Lipinski definition) is 0. The summed E-state index contributed by atoms with van der Waals surface area (Å²) in [6.45, 7) is 4.67. The van der Waals surface area contributed by atoms with Crippen molar-refractivity contribution in [1.29, 1.82) is 0 Å². The number of nitrogens with zero attached hydrogens (tertiary/aromatic N) is 2. The Morgan fingerprint density at radius 1 is 0.453 bits per heavy atom. The SMILES string of the molecule is CC1(C)c2cc(-c3cnc4c5ccccc5c5ccccc5c4n3)ccc2-c2ccc(-c3cccc4c3oc3c4ccc4oc5ccccc5c43)cc21. The van der Waals surface area contributed by atoms with Gasteiger partial charge in [-0.2, -0.15) is 0 Å². The zero-order valence-electron chi connectivity index (χ0n) is 29.1. The van der Waals surface area contributed by atoms with Gasteiger partial charge in [-0.3, -0.25) is 4.98 Å². The van der Waals surface area contributed by atoms with Crippen LogP contribution >= 0.6 is 0 Å². The summed E-state index contributed by atoms with van der Waals surface area (Å²) >= 11 is 0. The van der Waals surface area contributed by atoms with Gasteiger partial charge in [0.1, 0.15) is 22.3 Å². The standard InChI is InChI=1S/C49H30N2O2/c1-49(2)39-24-27(29-15-9-16-36-37-22-23-43-44(48(37)53-47(29)36)38-14-7-8-17-42(38)52-43)18-20-32(39)33-21-19-28(25-40(33)49)41-26-50-45-34-12-5-3-10-30(34)31-11-4-6-13-35(31)46(45)51-41/h3-26H,1-2H3. The van der Waals surface area contributed by atoms with Gasteiger partial charge < -0.3 is 8.83 Å². The third-order valence-electron chi connectivity index (χ3n) is 11.7. The first-order valence-electron chi connectivity index (χ1n) is 18.1. The molecule has 1 aliphatic rings. The predicted molar refractivity (Wildman–Crippen MR) is 218 cm³/mol. The predicted octanol–water partition coefficient (Wildman–Crippen LogP) is 13.4. The highest BCUT2D eigenvalue weighted by molar-refractivity contribution is 6.24. The van der Waals surface area contributed by atoms with Crippen LogP contribution < -0.4 is 0 Å². The highest BCUT2D eigenvalue weighted by atomic mass is 16.3. The van der Waals surface area contributed by atoms with Crippen LogP contribution in [-0.4, -0.2) is 9.97 Å². The van der Waals surface area contributed by atoms with Gasteiger partial charge in [0, 0.05) is 43.5 Å². The van der Waals surface area contributed by atoms with E-state index in [0.29, 0.717) is 0 Å². The molecule has 0 spiro atoms. The van der Waals surface area contributed by atoms with Crippen LogP contribution in [0, 0.1) is 0 Å². The van der Waals surface area contributed by atoms with Gasteiger partial charge in [-0.1, -0.05) is 123 Å². The minimum Gasteiger partial charge on any atom is -0.456 e. The van der Waals surface area contributed by atoms with Gasteiger partial charge in [0.25, 0.3) is 0 Å². The maximum absolute atomic E-state index is 6.82. The van der Waals surface area contributed by atoms with Gasteiger partial charge >= 0.3 is 0 Å². The molecule has 0 fully saturated rings. The Morgan fingerprint density at radius 2 is 1.08 bits per heavy atom. The van der Waals surface area contributed by atoms with Crippen molar-refractivity contribution < 1.29 is 8.83 Å². The Hall–Kier alpha value is -6.78. The Morgan fingerprint density at radius 3 is 1.85 bits per heavy atom. The third-order valence-corrected chi connectivity index (χ3v) is 11.7. The van der Waals surface area contributed by atoms with E-state index in [1.165, 1.54) is 33.0 Å². The minimum atomic E-state index is -0.229. The molecule has 0 saturated carbocycles. The largest absolute Gasteiger partial charge is 0.456 e. The van der Waals surface area contributed by atoms with E-state index in [1.807, 2.05) is 18.3 Å². The van der Waals surface area contributed by atoms with Crippen LogP contribution in [-0.2, 0) is 5.41 Å². The summed E-state index contributed by atoms with van der Waals surface area (Å²) in [4.78, 5) is 10.3. The number of furan rings is 2. The molecule has 11 aromatic rings. The number of fused-ring (bicyclic) bond motifs is 16. The van der Waals surface area contributed by atoms with Gasteiger partial charge in [-0.15, -0.1) is 0 Å². The van der Waals surface area contributed by atoms with E-state index in [0.717, 1.165) is 88.1 Å². The van der Waals surface area contributed by atoms with Gasteiger partial charge in [-0.25, -0.2) is 4.98 Å². The second kappa shape index (κ2) is 10.2. The molecule has 4 nitrogen and oxygen atoms in total. The summed E-state index contributed by atoms with van der Waals surface area (Å²) in [5, 5.41) is 8.96. The first-order chi connectivity index (χ1) is 26.0. The molecule has 53 heavy (non-hydrogen) atoms. The first kappa shape index (κ1) is 28.9. The van der Waals surface area contributed by atoms with E-state index in [-0.39, 0.29) is 5.41 Å². The summed E-state index contributed by atoms with van der Waals surface area (Å²) in [5.74, 6) is 0. The van der Waals surface area contributed by atoms with E-state index in [1.54, 1.807) is 0 Å². The van der Waals surface area contributed by atoms with Crippen LogP contribution in [0.15, 0.2) is 155 Å². The fraction of sp³-hybridized carbons (Fsp3) is 0.0612. The normalized spacial score (nSPS) is 13.6. The highest BCUT2D eigenvalue weighted by Gasteiger charge is 2.36. The van der Waals surface area contributed by atoms with Crippen molar-refractivity contribution in [1.82, 2.24) is 9.97 Å². The Bertz CT molecular complexity index is 3350.